The number of hydrogen-bond donors (Lipinski definition) is 1. The third-order valence-electron chi connectivity index (χ3n) is 4.46. The molecule has 0 spiro atoms. The molecular formula is C26H25N3O. The van der Waals surface area contributed by atoms with Crippen molar-refractivity contribution < 1.29 is 4.79 Å². The van der Waals surface area contributed by atoms with Gasteiger partial charge in [-0.15, -0.1) is 0 Å². The summed E-state index contributed by atoms with van der Waals surface area (Å²) < 4.78 is 0. The second-order valence-corrected chi connectivity index (χ2v) is 7.16. The summed E-state index contributed by atoms with van der Waals surface area (Å²) in [6.45, 7) is 7.95. The van der Waals surface area contributed by atoms with Crippen LogP contribution in [0, 0.1) is 0 Å². The fourth-order valence-electron chi connectivity index (χ4n) is 2.88. The number of carbonyl (C=O) groups excluding carboxylic acids is 1. The lowest BCUT2D eigenvalue weighted by Gasteiger charge is -2.08. The van der Waals surface area contributed by atoms with Crippen molar-refractivity contribution in [2.75, 3.05) is 5.32 Å². The Morgan fingerprint density at radius 2 is 1.77 bits per heavy atom. The summed E-state index contributed by atoms with van der Waals surface area (Å²) >= 11 is 0. The zero-order chi connectivity index (χ0) is 21.3. The predicted molar refractivity (Wildman–Crippen MR) is 125 cm³/mol. The highest BCUT2D eigenvalue weighted by molar-refractivity contribution is 5.92. The Morgan fingerprint density at radius 3 is 2.40 bits per heavy atom. The smallest absolute Gasteiger partial charge is 0.228 e. The van der Waals surface area contributed by atoms with Gasteiger partial charge in [-0.1, -0.05) is 49.0 Å². The first-order valence-corrected chi connectivity index (χ1v) is 9.77. The summed E-state index contributed by atoms with van der Waals surface area (Å²) in [5, 5.41) is 2.95. The van der Waals surface area contributed by atoms with Crippen molar-refractivity contribution in [3.05, 3.63) is 103 Å². The number of amides is 1. The van der Waals surface area contributed by atoms with Gasteiger partial charge in [-0.25, -0.2) is 0 Å². The van der Waals surface area contributed by atoms with Gasteiger partial charge in [0.05, 0.1) is 6.42 Å². The van der Waals surface area contributed by atoms with Gasteiger partial charge in [0.2, 0.25) is 5.91 Å². The summed E-state index contributed by atoms with van der Waals surface area (Å²) in [6, 6.07) is 19.5. The van der Waals surface area contributed by atoms with Crippen molar-refractivity contribution >= 4 is 22.9 Å². The van der Waals surface area contributed by atoms with Crippen LogP contribution < -0.4 is 5.32 Å². The molecular weight excluding hydrogens is 370 g/mol. The van der Waals surface area contributed by atoms with Gasteiger partial charge in [-0.05, 0) is 65.9 Å². The van der Waals surface area contributed by atoms with Gasteiger partial charge >= 0.3 is 0 Å². The maximum atomic E-state index is 12.4. The minimum absolute atomic E-state index is 0.0524. The summed E-state index contributed by atoms with van der Waals surface area (Å²) in [5.41, 5.74) is 6.70. The molecule has 2 aromatic carbocycles. The Hall–Kier alpha value is -3.79. The third-order valence-corrected chi connectivity index (χ3v) is 4.46. The molecule has 1 amide bonds. The van der Waals surface area contributed by atoms with Crippen molar-refractivity contribution in [2.45, 2.75) is 20.3 Å². The quantitative estimate of drug-likeness (QED) is 0.398. The maximum Gasteiger partial charge on any atom is 0.228 e. The van der Waals surface area contributed by atoms with Crippen molar-refractivity contribution in [3.63, 3.8) is 0 Å². The van der Waals surface area contributed by atoms with Gasteiger partial charge in [-0.2, -0.15) is 0 Å². The number of hydrogen-bond acceptors (Lipinski definition) is 3. The molecule has 3 rings (SSSR count). The average molecular weight is 396 g/mol. The maximum absolute atomic E-state index is 12.4. The van der Waals surface area contributed by atoms with Crippen LogP contribution in [0.2, 0.25) is 0 Å². The Balaban J connectivity index is 1.56. The molecule has 0 aliphatic heterocycles. The van der Waals surface area contributed by atoms with E-state index in [1.165, 1.54) is 0 Å². The lowest BCUT2D eigenvalue weighted by molar-refractivity contribution is -0.115. The van der Waals surface area contributed by atoms with Gasteiger partial charge in [0.15, 0.2) is 0 Å². The number of anilines is 1. The number of aromatic nitrogens is 1. The molecule has 4 nitrogen and oxygen atoms in total. The Bertz CT molecular complexity index is 1060. The van der Waals surface area contributed by atoms with Crippen LogP contribution in [0.4, 0.5) is 5.69 Å². The largest absolute Gasteiger partial charge is 0.326 e. The van der Waals surface area contributed by atoms with Gasteiger partial charge in [0.1, 0.15) is 0 Å². The third kappa shape index (κ3) is 6.11. The van der Waals surface area contributed by atoms with Crippen molar-refractivity contribution in [1.29, 1.82) is 0 Å². The van der Waals surface area contributed by atoms with Crippen molar-refractivity contribution in [3.8, 4) is 11.1 Å². The van der Waals surface area contributed by atoms with Crippen LogP contribution >= 0.6 is 0 Å². The SMILES string of the molecule is C=C(/C=C\N=C(C)C)c1ccc(CC(=O)Nc2ccc(-c3cccnc3)cc2)cc1. The first-order valence-electron chi connectivity index (χ1n) is 9.77. The first-order chi connectivity index (χ1) is 14.5. The molecule has 30 heavy (non-hydrogen) atoms. The molecule has 4 heteroatoms. The van der Waals surface area contributed by atoms with Crippen LogP contribution in [0.25, 0.3) is 16.7 Å². The number of rotatable bonds is 7. The fraction of sp³-hybridized carbons (Fsp3) is 0.115. The van der Waals surface area contributed by atoms with E-state index in [0.29, 0.717) is 6.42 Å². The van der Waals surface area contributed by atoms with E-state index in [2.05, 4.69) is 21.9 Å². The number of carbonyl (C=O) groups is 1. The number of nitrogens with zero attached hydrogens (tertiary/aromatic N) is 2. The zero-order valence-corrected chi connectivity index (χ0v) is 17.3. The Kier molecular flexibility index (Phi) is 7.06. The highest BCUT2D eigenvalue weighted by Crippen LogP contribution is 2.20. The topological polar surface area (TPSA) is 54.4 Å². The average Bonchev–Trinajstić information content (AvgIpc) is 2.75. The summed E-state index contributed by atoms with van der Waals surface area (Å²) in [7, 11) is 0. The van der Waals surface area contributed by atoms with Crippen LogP contribution in [0.3, 0.4) is 0 Å². The van der Waals surface area contributed by atoms with E-state index in [0.717, 1.165) is 39.2 Å². The van der Waals surface area contributed by atoms with Crippen LogP contribution in [0.5, 0.6) is 0 Å². The lowest BCUT2D eigenvalue weighted by Crippen LogP contribution is -2.14. The highest BCUT2D eigenvalue weighted by Gasteiger charge is 2.06. The number of allylic oxidation sites excluding steroid dienone is 2. The van der Waals surface area contributed by atoms with E-state index < -0.39 is 0 Å². The van der Waals surface area contributed by atoms with E-state index in [1.54, 1.807) is 12.4 Å². The molecule has 1 N–H and O–H groups in total. The predicted octanol–water partition coefficient (Wildman–Crippen LogP) is 5.94. The molecule has 0 aliphatic rings. The van der Waals surface area contributed by atoms with Crippen LogP contribution in [-0.4, -0.2) is 16.6 Å². The van der Waals surface area contributed by atoms with E-state index in [4.69, 9.17) is 0 Å². The van der Waals surface area contributed by atoms with Gasteiger partial charge in [0, 0.05) is 30.0 Å². The second-order valence-electron chi connectivity index (χ2n) is 7.16. The van der Waals surface area contributed by atoms with Gasteiger partial charge in [-0.3, -0.25) is 14.8 Å². The number of pyridine rings is 1. The second kappa shape index (κ2) is 10.1. The first kappa shape index (κ1) is 20.9. The van der Waals surface area contributed by atoms with E-state index >= 15 is 0 Å². The molecule has 0 radical (unpaired) electrons. The molecule has 0 saturated heterocycles. The standard InChI is InChI=1S/C26H25N3O/c1-19(2)28-16-14-20(3)22-8-6-21(7-9-22)17-26(30)29-25-12-10-23(11-13-25)24-5-4-15-27-18-24/h4-16,18H,3,17H2,1-2H3,(H,29,30)/b16-14-. The molecule has 1 heterocycles. The summed E-state index contributed by atoms with van der Waals surface area (Å²) in [4.78, 5) is 20.8. The molecule has 0 bridgehead atoms. The molecule has 150 valence electrons. The van der Waals surface area contributed by atoms with Crippen LogP contribution in [0.1, 0.15) is 25.0 Å². The van der Waals surface area contributed by atoms with Gasteiger partial charge < -0.3 is 5.32 Å². The Labute approximate surface area is 177 Å². The number of benzene rings is 2. The minimum atomic E-state index is -0.0524. The highest BCUT2D eigenvalue weighted by atomic mass is 16.1. The van der Waals surface area contributed by atoms with Crippen LogP contribution in [-0.2, 0) is 11.2 Å². The minimum Gasteiger partial charge on any atom is -0.326 e. The van der Waals surface area contributed by atoms with Crippen molar-refractivity contribution in [1.82, 2.24) is 4.98 Å². The molecule has 0 saturated carbocycles. The zero-order valence-electron chi connectivity index (χ0n) is 17.3. The van der Waals surface area contributed by atoms with E-state index in [9.17, 15) is 4.79 Å². The molecule has 0 atom stereocenters. The lowest BCUT2D eigenvalue weighted by atomic mass is 10.0. The van der Waals surface area contributed by atoms with Crippen molar-refractivity contribution in [2.24, 2.45) is 4.99 Å². The van der Waals surface area contributed by atoms with E-state index in [-0.39, 0.29) is 5.91 Å². The molecule has 1 aromatic heterocycles. The Morgan fingerprint density at radius 1 is 1.03 bits per heavy atom. The molecule has 3 aromatic rings. The molecule has 0 unspecified atom stereocenters. The molecule has 0 aliphatic carbocycles. The fourth-order valence-corrected chi connectivity index (χ4v) is 2.88. The normalized spacial score (nSPS) is 10.6. The summed E-state index contributed by atoms with van der Waals surface area (Å²) in [6.07, 6.45) is 7.51. The molecule has 0 fully saturated rings. The van der Waals surface area contributed by atoms with E-state index in [1.807, 2.05) is 86.8 Å². The van der Waals surface area contributed by atoms with Gasteiger partial charge in [0.25, 0.3) is 0 Å². The monoisotopic (exact) mass is 395 g/mol. The van der Waals surface area contributed by atoms with Crippen LogP contribution in [0.15, 0.2) is 96.9 Å². The number of aliphatic imine (C=N–C) groups is 1. The summed E-state index contributed by atoms with van der Waals surface area (Å²) in [5.74, 6) is -0.0524. The number of nitrogens with one attached hydrogen (secondary N) is 1.